The fraction of sp³-hybridized carbons (Fsp3) is 0.269. The van der Waals surface area contributed by atoms with Gasteiger partial charge in [-0.3, -0.25) is 19.4 Å². The molecule has 0 bridgehead atoms. The Labute approximate surface area is 397 Å². The second-order valence-corrected chi connectivity index (χ2v) is 25.3. The lowest BCUT2D eigenvalue weighted by Gasteiger charge is -2.40. The number of carbonyl (C=O) groups excluding carboxylic acids is 2. The van der Waals surface area contributed by atoms with E-state index in [1.165, 1.54) is 49.7 Å². The monoisotopic (exact) mass is 954 g/mol. The van der Waals surface area contributed by atoms with E-state index in [0.717, 1.165) is 35.9 Å². The normalized spacial score (nSPS) is 12.6. The van der Waals surface area contributed by atoms with Crippen LogP contribution in [-0.4, -0.2) is 75.8 Å². The van der Waals surface area contributed by atoms with Crippen molar-refractivity contribution < 1.29 is 32.3 Å². The molecule has 0 saturated heterocycles. The van der Waals surface area contributed by atoms with Crippen molar-refractivity contribution in [3.8, 4) is 11.5 Å². The number of nitrogens with one attached hydrogen (secondary N) is 3. The van der Waals surface area contributed by atoms with E-state index in [9.17, 15) is 27.9 Å². The van der Waals surface area contributed by atoms with E-state index >= 15 is 0 Å². The Morgan fingerprint density at radius 1 is 0.912 bits per heavy atom. The molecule has 2 amide bonds. The van der Waals surface area contributed by atoms with Gasteiger partial charge in [-0.2, -0.15) is 0 Å². The average Bonchev–Trinajstić information content (AvgIpc) is 3.29. The van der Waals surface area contributed by atoms with Crippen LogP contribution in [-0.2, 0) is 20.7 Å². The molecule has 0 aliphatic carbocycles. The number of carbonyl (C=O) groups is 2. The van der Waals surface area contributed by atoms with Crippen molar-refractivity contribution in [1.29, 1.82) is 0 Å². The van der Waals surface area contributed by atoms with Gasteiger partial charge >= 0.3 is 0 Å². The number of aromatic hydroxyl groups is 1. The second-order valence-electron chi connectivity index (χ2n) is 18.6. The number of aromatic amines is 1. The van der Waals surface area contributed by atoms with Crippen LogP contribution in [0.25, 0.3) is 21.8 Å². The van der Waals surface area contributed by atoms with Crippen LogP contribution in [0.4, 0.5) is 17.1 Å². The molecule has 16 heteroatoms. The van der Waals surface area contributed by atoms with Gasteiger partial charge in [0.25, 0.3) is 11.8 Å². The summed E-state index contributed by atoms with van der Waals surface area (Å²) < 4.78 is 40.9. The number of pyridine rings is 2. The number of hydrogen-bond donors (Lipinski definition) is 5. The van der Waals surface area contributed by atoms with Crippen LogP contribution in [0.15, 0.2) is 130 Å². The summed E-state index contributed by atoms with van der Waals surface area (Å²) >= 11 is 0. The maximum absolute atomic E-state index is 14.3. The highest BCUT2D eigenvalue weighted by molar-refractivity contribution is 7.91. The quantitative estimate of drug-likeness (QED) is 0.0543. The highest BCUT2D eigenvalue weighted by Gasteiger charge is 2.40. The average molecular weight is 955 g/mol. The topological polar surface area (TPSA) is 206 Å². The maximum Gasteiger partial charge on any atom is 0.255 e. The van der Waals surface area contributed by atoms with Gasteiger partial charge in [-0.1, -0.05) is 51.1 Å². The first-order valence-electron chi connectivity index (χ1n) is 22.3. The molecule has 1 atom stereocenters. The number of ether oxygens (including phenoxy) is 1. The molecule has 68 heavy (non-hydrogen) atoms. The first-order valence-corrected chi connectivity index (χ1v) is 26.7. The number of phenols is 1. The largest absolute Gasteiger partial charge is 0.506 e. The number of phenolic OH excluding ortho intramolecular Hbond substituents is 1. The number of anilines is 3. The van der Waals surface area contributed by atoms with E-state index < -0.39 is 30.0 Å². The standard InChI is InChI=1S/C52H58N6O8SSi/c1-32-26-39(29-42-47(32)54-30-43(50(53)61)48(42)55-36-14-10-15-37(28-36)65-6)67(63,64)38-16-9-13-34(27-38)51(62)56-35-19-17-33(18-20-35)12-11-25-58(5)31-45(66-68(7,8)52(2,3)4)40-21-23-44(59)49-41(40)22-24-46(60)57-49/h9-10,13-24,26-30,45,59H,11-12,25,31H2,1-8H3,(H2,53,61)(H,54,55)(H,56,62)(H,57,60)/t45-/m0/s1. The minimum atomic E-state index is -4.18. The summed E-state index contributed by atoms with van der Waals surface area (Å²) in [5, 5.41) is 17.8. The summed E-state index contributed by atoms with van der Waals surface area (Å²) in [5.74, 6) is -0.642. The zero-order chi connectivity index (χ0) is 49.1. The number of rotatable bonds is 17. The van der Waals surface area contributed by atoms with Gasteiger partial charge in [-0.05, 0) is 135 Å². The van der Waals surface area contributed by atoms with Crippen LogP contribution in [0.3, 0.4) is 0 Å². The molecular weight excluding hydrogens is 897 g/mol. The molecule has 2 heterocycles. The Hall–Kier alpha value is -6.85. The van der Waals surface area contributed by atoms with Gasteiger partial charge in [0.05, 0.1) is 45.3 Å². The highest BCUT2D eigenvalue weighted by atomic mass is 32.2. The van der Waals surface area contributed by atoms with Gasteiger partial charge < -0.3 is 40.5 Å². The van der Waals surface area contributed by atoms with Gasteiger partial charge in [0.1, 0.15) is 11.5 Å². The summed E-state index contributed by atoms with van der Waals surface area (Å²) in [6.07, 6.45) is 2.68. The molecule has 0 fully saturated rings. The number of nitrogens with zero attached hydrogens (tertiary/aromatic N) is 2. The number of nitrogens with two attached hydrogens (primary N) is 1. The smallest absolute Gasteiger partial charge is 0.255 e. The Morgan fingerprint density at radius 3 is 2.35 bits per heavy atom. The predicted molar refractivity (Wildman–Crippen MR) is 271 cm³/mol. The first-order chi connectivity index (χ1) is 32.1. The fourth-order valence-corrected chi connectivity index (χ4v) is 10.5. The second kappa shape index (κ2) is 19.8. The summed E-state index contributed by atoms with van der Waals surface area (Å²) in [7, 11) is -2.83. The zero-order valence-electron chi connectivity index (χ0n) is 39.6. The molecule has 14 nitrogen and oxygen atoms in total. The highest BCUT2D eigenvalue weighted by Crippen LogP contribution is 2.42. The van der Waals surface area contributed by atoms with Crippen molar-refractivity contribution in [2.75, 3.05) is 37.9 Å². The molecule has 354 valence electrons. The summed E-state index contributed by atoms with van der Waals surface area (Å²) in [6.45, 7) is 14.1. The Kier molecular flexibility index (Phi) is 14.3. The van der Waals surface area contributed by atoms with Crippen molar-refractivity contribution in [1.82, 2.24) is 14.9 Å². The van der Waals surface area contributed by atoms with Crippen molar-refractivity contribution >= 4 is 68.8 Å². The Bertz CT molecular complexity index is 3210. The number of aryl methyl sites for hydroxylation is 2. The molecule has 7 aromatic rings. The number of amides is 2. The Balaban J connectivity index is 1.02. The SMILES string of the molecule is COc1cccc(Nc2c(C(N)=O)cnc3c(C)cc(S(=O)(=O)c4cccc(C(=O)Nc5ccc(CCCN(C)C[C@H](O[Si](C)(C)C(C)(C)C)c6ccc(O)c7[nH]c(=O)ccc67)cc5)c4)cc23)c1. The van der Waals surface area contributed by atoms with Gasteiger partial charge in [-0.15, -0.1) is 0 Å². The van der Waals surface area contributed by atoms with E-state index in [0.29, 0.717) is 51.3 Å². The third kappa shape index (κ3) is 10.8. The molecule has 0 spiro atoms. The van der Waals surface area contributed by atoms with Crippen molar-refractivity contribution in [2.24, 2.45) is 5.73 Å². The van der Waals surface area contributed by atoms with E-state index in [-0.39, 0.29) is 43.4 Å². The number of sulfone groups is 1. The van der Waals surface area contributed by atoms with Crippen molar-refractivity contribution in [3.63, 3.8) is 0 Å². The maximum atomic E-state index is 14.3. The van der Waals surface area contributed by atoms with Gasteiger partial charge in [0.15, 0.2) is 8.32 Å². The van der Waals surface area contributed by atoms with Gasteiger partial charge in [0, 0.05) is 52.6 Å². The van der Waals surface area contributed by atoms with Crippen LogP contribution in [0, 0.1) is 6.92 Å². The molecule has 6 N–H and O–H groups in total. The minimum Gasteiger partial charge on any atom is -0.506 e. The number of likely N-dealkylation sites (N-methyl/N-ethyl adjacent to an activating group) is 1. The number of hydrogen-bond acceptors (Lipinski definition) is 11. The van der Waals surface area contributed by atoms with E-state index in [1.54, 1.807) is 49.4 Å². The molecule has 5 aromatic carbocycles. The van der Waals surface area contributed by atoms with Crippen LogP contribution < -0.4 is 26.7 Å². The third-order valence-electron chi connectivity index (χ3n) is 12.6. The number of methoxy groups -OCH3 is 1. The van der Waals surface area contributed by atoms with E-state index in [4.69, 9.17) is 14.9 Å². The van der Waals surface area contributed by atoms with Crippen LogP contribution in [0.2, 0.25) is 18.1 Å². The first kappa shape index (κ1) is 49.1. The summed E-state index contributed by atoms with van der Waals surface area (Å²) in [5.41, 5.74) is 10.5. The lowest BCUT2D eigenvalue weighted by atomic mass is 10.0. The van der Waals surface area contributed by atoms with Crippen LogP contribution in [0.1, 0.15) is 70.7 Å². The van der Waals surface area contributed by atoms with E-state index in [2.05, 4.69) is 66.4 Å². The molecule has 0 unspecified atom stereocenters. The number of primary amides is 1. The molecule has 0 saturated carbocycles. The molecule has 0 radical (unpaired) electrons. The van der Waals surface area contributed by atoms with Crippen LogP contribution >= 0.6 is 0 Å². The fourth-order valence-electron chi connectivity index (χ4n) is 7.87. The minimum absolute atomic E-state index is 0.0102. The van der Waals surface area contributed by atoms with Crippen molar-refractivity contribution in [3.05, 3.63) is 154 Å². The lowest BCUT2D eigenvalue weighted by Crippen LogP contribution is -2.43. The van der Waals surface area contributed by atoms with Gasteiger partial charge in [-0.25, -0.2) is 8.42 Å². The summed E-state index contributed by atoms with van der Waals surface area (Å²) in [4.78, 5) is 47.7. The predicted octanol–water partition coefficient (Wildman–Crippen LogP) is 9.65. The van der Waals surface area contributed by atoms with Crippen LogP contribution in [0.5, 0.6) is 11.5 Å². The number of benzene rings is 5. The molecule has 0 aliphatic rings. The Morgan fingerprint density at radius 2 is 1.65 bits per heavy atom. The van der Waals surface area contributed by atoms with Gasteiger partial charge in [0.2, 0.25) is 15.4 Å². The lowest BCUT2D eigenvalue weighted by molar-refractivity contribution is 0.0998. The van der Waals surface area contributed by atoms with Crippen molar-refractivity contribution in [2.45, 2.75) is 74.6 Å². The number of aromatic nitrogens is 2. The molecule has 2 aromatic heterocycles. The molecule has 0 aliphatic heterocycles. The zero-order valence-corrected chi connectivity index (χ0v) is 41.4. The third-order valence-corrected chi connectivity index (χ3v) is 18.9. The number of H-pyrrole nitrogens is 1. The molecule has 7 rings (SSSR count). The molecular formula is C52H58N6O8SSi. The van der Waals surface area contributed by atoms with E-state index in [1.807, 2.05) is 30.3 Å². The number of fused-ring (bicyclic) bond motifs is 2. The summed E-state index contributed by atoms with van der Waals surface area (Å²) in [6, 6.07) is 30.1.